The van der Waals surface area contributed by atoms with Crippen molar-refractivity contribution in [1.82, 2.24) is 0 Å². The molecule has 1 heteroatoms. The Morgan fingerprint density at radius 1 is 1.21 bits per heavy atom. The van der Waals surface area contributed by atoms with E-state index in [2.05, 4.69) is 13.0 Å². The third-order valence-electron chi connectivity index (χ3n) is 3.46. The van der Waals surface area contributed by atoms with E-state index >= 15 is 0 Å². The average Bonchev–Trinajstić information content (AvgIpc) is 2.43. The minimum absolute atomic E-state index is 0.744. The predicted octanol–water partition coefficient (Wildman–Crippen LogP) is 4.29. The Balaban J connectivity index is 2.17. The first kappa shape index (κ1) is 11.6. The van der Waals surface area contributed by atoms with E-state index in [-0.39, 0.29) is 0 Å². The molecular formula is C13H23N. The highest BCUT2D eigenvalue weighted by Gasteiger charge is 2.15. The number of hydrogen-bond donors (Lipinski definition) is 0. The van der Waals surface area contributed by atoms with Gasteiger partial charge in [-0.1, -0.05) is 45.4 Å². The second-order valence-electron chi connectivity index (χ2n) is 4.90. The Morgan fingerprint density at radius 2 is 1.86 bits per heavy atom. The van der Waals surface area contributed by atoms with Gasteiger partial charge in [0.1, 0.15) is 0 Å². The van der Waals surface area contributed by atoms with Crippen molar-refractivity contribution in [2.45, 2.75) is 64.7 Å². The third-order valence-corrected chi connectivity index (χ3v) is 3.46. The summed E-state index contributed by atoms with van der Waals surface area (Å²) in [6.07, 6.45) is 11.9. The van der Waals surface area contributed by atoms with Gasteiger partial charge in [-0.2, -0.15) is 5.26 Å². The van der Waals surface area contributed by atoms with Gasteiger partial charge in [-0.05, 0) is 24.7 Å². The molecule has 1 rings (SSSR count). The van der Waals surface area contributed by atoms with Crippen molar-refractivity contribution in [3.63, 3.8) is 0 Å². The molecule has 0 saturated heterocycles. The van der Waals surface area contributed by atoms with Crippen LogP contribution < -0.4 is 0 Å². The summed E-state index contributed by atoms with van der Waals surface area (Å²) in [4.78, 5) is 0. The lowest BCUT2D eigenvalue weighted by Gasteiger charge is -2.18. The van der Waals surface area contributed by atoms with Crippen LogP contribution in [0.15, 0.2) is 0 Å². The molecule has 0 aromatic rings. The minimum atomic E-state index is 0.744. The lowest BCUT2D eigenvalue weighted by Crippen LogP contribution is -2.05. The van der Waals surface area contributed by atoms with Crippen LogP contribution in [-0.4, -0.2) is 0 Å². The van der Waals surface area contributed by atoms with Crippen LogP contribution in [0.2, 0.25) is 0 Å². The lowest BCUT2D eigenvalue weighted by atomic mass is 9.88. The highest BCUT2D eigenvalue weighted by atomic mass is 14.2. The second kappa shape index (κ2) is 6.87. The maximum atomic E-state index is 8.52. The van der Waals surface area contributed by atoms with Crippen LogP contribution in [0.1, 0.15) is 64.7 Å². The summed E-state index contributed by atoms with van der Waals surface area (Å²) in [5.41, 5.74) is 0. The van der Waals surface area contributed by atoms with Gasteiger partial charge in [0.2, 0.25) is 0 Å². The van der Waals surface area contributed by atoms with Gasteiger partial charge < -0.3 is 0 Å². The molecule has 0 heterocycles. The third kappa shape index (κ3) is 4.65. The summed E-state index contributed by atoms with van der Waals surface area (Å²) in [5, 5.41) is 8.52. The predicted molar refractivity (Wildman–Crippen MR) is 59.8 cm³/mol. The molecule has 1 fully saturated rings. The van der Waals surface area contributed by atoms with Gasteiger partial charge in [0, 0.05) is 6.42 Å². The topological polar surface area (TPSA) is 23.8 Å². The zero-order valence-corrected chi connectivity index (χ0v) is 9.47. The molecule has 0 aliphatic heterocycles. The van der Waals surface area contributed by atoms with Crippen LogP contribution in [-0.2, 0) is 0 Å². The Hall–Kier alpha value is -0.510. The van der Waals surface area contributed by atoms with E-state index in [1.54, 1.807) is 0 Å². The molecule has 80 valence electrons. The van der Waals surface area contributed by atoms with Crippen molar-refractivity contribution >= 4 is 0 Å². The maximum absolute atomic E-state index is 8.52. The van der Waals surface area contributed by atoms with Crippen LogP contribution >= 0.6 is 0 Å². The molecule has 1 aliphatic carbocycles. The number of nitriles is 1. The molecule has 0 amide bonds. The van der Waals surface area contributed by atoms with Crippen molar-refractivity contribution in [3.8, 4) is 6.07 Å². The molecule has 1 atom stereocenters. The molecular weight excluding hydrogens is 170 g/mol. The van der Waals surface area contributed by atoms with E-state index in [9.17, 15) is 0 Å². The van der Waals surface area contributed by atoms with E-state index < -0.39 is 0 Å². The largest absolute Gasteiger partial charge is 0.198 e. The molecule has 1 aliphatic rings. The summed E-state index contributed by atoms with van der Waals surface area (Å²) in [5.74, 6) is 1.73. The maximum Gasteiger partial charge on any atom is 0.0621 e. The highest BCUT2D eigenvalue weighted by molar-refractivity contribution is 4.73. The van der Waals surface area contributed by atoms with Crippen molar-refractivity contribution in [1.29, 1.82) is 5.26 Å². The Morgan fingerprint density at radius 3 is 2.43 bits per heavy atom. The summed E-state index contributed by atoms with van der Waals surface area (Å²) >= 11 is 0. The van der Waals surface area contributed by atoms with Gasteiger partial charge in [0.05, 0.1) is 6.07 Å². The summed E-state index contributed by atoms with van der Waals surface area (Å²) in [6, 6.07) is 2.25. The quantitative estimate of drug-likeness (QED) is 0.611. The van der Waals surface area contributed by atoms with Crippen LogP contribution in [0.5, 0.6) is 0 Å². The first-order valence-corrected chi connectivity index (χ1v) is 6.20. The summed E-state index contributed by atoms with van der Waals surface area (Å²) in [7, 11) is 0. The van der Waals surface area contributed by atoms with Gasteiger partial charge in [-0.15, -0.1) is 0 Å². The fraction of sp³-hybridized carbons (Fsp3) is 0.923. The van der Waals surface area contributed by atoms with E-state index in [1.807, 2.05) is 0 Å². The first-order chi connectivity index (χ1) is 6.83. The Bertz CT molecular complexity index is 172. The first-order valence-electron chi connectivity index (χ1n) is 6.20. The van der Waals surface area contributed by atoms with E-state index in [1.165, 1.54) is 44.9 Å². The normalized spacial score (nSPS) is 21.1. The standard InChI is InChI=1S/C13H23N/c1-12(7-6-10-14)11-13-8-4-2-3-5-9-13/h12-13H,2-9,11H2,1H3. The molecule has 1 nitrogen and oxygen atoms in total. The second-order valence-corrected chi connectivity index (χ2v) is 4.90. The van der Waals surface area contributed by atoms with Crippen molar-refractivity contribution < 1.29 is 0 Å². The van der Waals surface area contributed by atoms with Crippen LogP contribution in [0, 0.1) is 23.2 Å². The van der Waals surface area contributed by atoms with Crippen molar-refractivity contribution in [3.05, 3.63) is 0 Å². The van der Waals surface area contributed by atoms with Crippen LogP contribution in [0.25, 0.3) is 0 Å². The van der Waals surface area contributed by atoms with Gasteiger partial charge in [-0.3, -0.25) is 0 Å². The van der Waals surface area contributed by atoms with Crippen LogP contribution in [0.4, 0.5) is 0 Å². The molecule has 0 bridgehead atoms. The molecule has 14 heavy (non-hydrogen) atoms. The van der Waals surface area contributed by atoms with Gasteiger partial charge in [0.25, 0.3) is 0 Å². The van der Waals surface area contributed by atoms with Crippen molar-refractivity contribution in [2.24, 2.45) is 11.8 Å². The number of rotatable bonds is 4. The molecule has 0 aromatic carbocycles. The zero-order valence-electron chi connectivity index (χ0n) is 9.47. The van der Waals surface area contributed by atoms with Gasteiger partial charge >= 0.3 is 0 Å². The monoisotopic (exact) mass is 193 g/mol. The Labute approximate surface area is 88.5 Å². The highest BCUT2D eigenvalue weighted by Crippen LogP contribution is 2.29. The molecule has 0 aromatic heterocycles. The smallest absolute Gasteiger partial charge is 0.0621 e. The molecule has 1 saturated carbocycles. The van der Waals surface area contributed by atoms with E-state index in [4.69, 9.17) is 5.26 Å². The Kier molecular flexibility index (Phi) is 5.68. The van der Waals surface area contributed by atoms with E-state index in [0.29, 0.717) is 0 Å². The molecule has 0 N–H and O–H groups in total. The minimum Gasteiger partial charge on any atom is -0.198 e. The molecule has 0 spiro atoms. The fourth-order valence-electron chi connectivity index (χ4n) is 2.60. The average molecular weight is 193 g/mol. The van der Waals surface area contributed by atoms with E-state index in [0.717, 1.165) is 24.7 Å². The molecule has 1 unspecified atom stereocenters. The zero-order chi connectivity index (χ0) is 10.2. The lowest BCUT2D eigenvalue weighted by molar-refractivity contribution is 0.344. The number of nitrogens with zero attached hydrogens (tertiary/aromatic N) is 1. The molecule has 0 radical (unpaired) electrons. The van der Waals surface area contributed by atoms with Gasteiger partial charge in [-0.25, -0.2) is 0 Å². The fourth-order valence-corrected chi connectivity index (χ4v) is 2.60. The SMILES string of the molecule is CC(CCC#N)CC1CCCCCC1. The summed E-state index contributed by atoms with van der Waals surface area (Å²) < 4.78 is 0. The van der Waals surface area contributed by atoms with Crippen LogP contribution in [0.3, 0.4) is 0 Å². The number of hydrogen-bond acceptors (Lipinski definition) is 1. The summed E-state index contributed by atoms with van der Waals surface area (Å²) in [6.45, 7) is 2.31. The van der Waals surface area contributed by atoms with Gasteiger partial charge in [0.15, 0.2) is 0 Å². The van der Waals surface area contributed by atoms with Crippen molar-refractivity contribution in [2.75, 3.05) is 0 Å².